The van der Waals surface area contributed by atoms with Crippen LogP contribution in [0.2, 0.25) is 5.02 Å². The standard InChI is InChI=1S/C19H30ClN3O3S/c1-4-5-6-14-27(25,26)23-12-10-22(11-13-23)16(3)19(24)21-18-9-7-8-17(20)15(18)2/h7-9,16H,4-6,10-14H2,1-3H3,(H,21,24). The molecule has 0 aliphatic carbocycles. The Morgan fingerprint density at radius 1 is 1.22 bits per heavy atom. The molecule has 1 atom stereocenters. The molecule has 152 valence electrons. The van der Waals surface area contributed by atoms with E-state index in [0.29, 0.717) is 43.3 Å². The minimum atomic E-state index is -3.19. The van der Waals surface area contributed by atoms with Gasteiger partial charge in [0.2, 0.25) is 15.9 Å². The number of benzene rings is 1. The van der Waals surface area contributed by atoms with Crippen LogP contribution in [0.15, 0.2) is 18.2 Å². The molecule has 0 bridgehead atoms. The van der Waals surface area contributed by atoms with Crippen LogP contribution in [0.1, 0.15) is 38.7 Å². The fraction of sp³-hybridized carbons (Fsp3) is 0.632. The number of nitrogens with zero attached hydrogens (tertiary/aromatic N) is 2. The Kier molecular flexibility index (Phi) is 8.09. The molecule has 1 aromatic carbocycles. The van der Waals surface area contributed by atoms with Crippen molar-refractivity contribution in [2.45, 2.75) is 46.1 Å². The lowest BCUT2D eigenvalue weighted by molar-refractivity contribution is -0.121. The van der Waals surface area contributed by atoms with E-state index in [-0.39, 0.29) is 17.7 Å². The zero-order chi connectivity index (χ0) is 20.0. The van der Waals surface area contributed by atoms with Crippen molar-refractivity contribution in [3.05, 3.63) is 28.8 Å². The summed E-state index contributed by atoms with van der Waals surface area (Å²) in [4.78, 5) is 14.6. The smallest absolute Gasteiger partial charge is 0.241 e. The molecule has 1 fully saturated rings. The van der Waals surface area contributed by atoms with Gasteiger partial charge in [0.15, 0.2) is 0 Å². The fourth-order valence-electron chi connectivity index (χ4n) is 3.18. The largest absolute Gasteiger partial charge is 0.324 e. The molecule has 1 aliphatic heterocycles. The first-order chi connectivity index (χ1) is 12.8. The number of hydrogen-bond acceptors (Lipinski definition) is 4. The first-order valence-corrected chi connectivity index (χ1v) is 11.5. The van der Waals surface area contributed by atoms with Gasteiger partial charge in [-0.15, -0.1) is 0 Å². The van der Waals surface area contributed by atoms with E-state index in [0.717, 1.165) is 18.4 Å². The minimum Gasteiger partial charge on any atom is -0.324 e. The van der Waals surface area contributed by atoms with Crippen molar-refractivity contribution >= 4 is 33.2 Å². The monoisotopic (exact) mass is 415 g/mol. The molecule has 27 heavy (non-hydrogen) atoms. The summed E-state index contributed by atoms with van der Waals surface area (Å²) in [7, 11) is -3.19. The van der Waals surface area contributed by atoms with Crippen molar-refractivity contribution in [3.63, 3.8) is 0 Å². The van der Waals surface area contributed by atoms with E-state index >= 15 is 0 Å². The number of halogens is 1. The van der Waals surface area contributed by atoms with Crippen LogP contribution in [0.5, 0.6) is 0 Å². The molecule has 6 nitrogen and oxygen atoms in total. The number of hydrogen-bond donors (Lipinski definition) is 1. The summed E-state index contributed by atoms with van der Waals surface area (Å²) in [5.74, 6) is 0.102. The van der Waals surface area contributed by atoms with Crippen molar-refractivity contribution in [3.8, 4) is 0 Å². The highest BCUT2D eigenvalue weighted by molar-refractivity contribution is 7.89. The molecule has 1 saturated heterocycles. The molecule has 1 aromatic rings. The lowest BCUT2D eigenvalue weighted by atomic mass is 10.1. The molecule has 0 saturated carbocycles. The molecule has 2 rings (SSSR count). The Balaban J connectivity index is 1.89. The third-order valence-corrected chi connectivity index (χ3v) is 7.49. The van der Waals surface area contributed by atoms with Gasteiger partial charge in [-0.1, -0.05) is 37.4 Å². The Morgan fingerprint density at radius 2 is 1.89 bits per heavy atom. The Hall–Kier alpha value is -1.15. The summed E-state index contributed by atoms with van der Waals surface area (Å²) in [6.45, 7) is 7.74. The summed E-state index contributed by atoms with van der Waals surface area (Å²) in [6, 6.07) is 5.08. The second kappa shape index (κ2) is 9.87. The minimum absolute atomic E-state index is 0.111. The number of carbonyl (C=O) groups is 1. The van der Waals surface area contributed by atoms with Gasteiger partial charge in [0.05, 0.1) is 11.8 Å². The summed E-state index contributed by atoms with van der Waals surface area (Å²) in [5.41, 5.74) is 1.54. The summed E-state index contributed by atoms with van der Waals surface area (Å²) >= 11 is 6.11. The predicted octanol–water partition coefficient (Wildman–Crippen LogP) is 3.11. The number of rotatable bonds is 8. The van der Waals surface area contributed by atoms with Gasteiger partial charge in [-0.05, 0) is 38.0 Å². The number of nitrogens with one attached hydrogen (secondary N) is 1. The zero-order valence-electron chi connectivity index (χ0n) is 16.4. The molecule has 1 N–H and O–H groups in total. The number of sulfonamides is 1. The summed E-state index contributed by atoms with van der Waals surface area (Å²) < 4.78 is 26.4. The van der Waals surface area contributed by atoms with Gasteiger partial charge in [-0.2, -0.15) is 4.31 Å². The van der Waals surface area contributed by atoms with Crippen LogP contribution in [0, 0.1) is 6.92 Å². The quantitative estimate of drug-likeness (QED) is 0.662. The highest BCUT2D eigenvalue weighted by Crippen LogP contribution is 2.23. The van der Waals surface area contributed by atoms with Crippen molar-refractivity contribution in [1.82, 2.24) is 9.21 Å². The van der Waals surface area contributed by atoms with Gasteiger partial charge in [0, 0.05) is 36.9 Å². The van der Waals surface area contributed by atoms with Crippen molar-refractivity contribution in [1.29, 1.82) is 0 Å². The Labute approximate surface area is 167 Å². The Morgan fingerprint density at radius 3 is 2.52 bits per heavy atom. The molecule has 1 aliphatic rings. The van der Waals surface area contributed by atoms with Crippen molar-refractivity contribution in [2.75, 3.05) is 37.2 Å². The van der Waals surface area contributed by atoms with Gasteiger partial charge in [-0.3, -0.25) is 9.69 Å². The molecule has 0 spiro atoms. The third kappa shape index (κ3) is 5.91. The molecule has 0 aromatic heterocycles. The van der Waals surface area contributed by atoms with Crippen LogP contribution in [-0.2, 0) is 14.8 Å². The topological polar surface area (TPSA) is 69.7 Å². The summed E-state index contributed by atoms with van der Waals surface area (Å²) in [5, 5.41) is 3.54. The molecule has 1 unspecified atom stereocenters. The molecular formula is C19H30ClN3O3S. The van der Waals surface area contributed by atoms with E-state index < -0.39 is 10.0 Å². The van der Waals surface area contributed by atoms with Crippen LogP contribution in [0.4, 0.5) is 5.69 Å². The van der Waals surface area contributed by atoms with Gasteiger partial charge in [-0.25, -0.2) is 8.42 Å². The number of carbonyl (C=O) groups excluding carboxylic acids is 1. The first-order valence-electron chi connectivity index (χ1n) is 9.54. The van der Waals surface area contributed by atoms with Gasteiger partial charge in [0.1, 0.15) is 0 Å². The lowest BCUT2D eigenvalue weighted by Crippen LogP contribution is -2.54. The maximum atomic E-state index is 12.6. The van der Waals surface area contributed by atoms with E-state index in [9.17, 15) is 13.2 Å². The second-order valence-electron chi connectivity index (χ2n) is 7.04. The van der Waals surface area contributed by atoms with Gasteiger partial charge >= 0.3 is 0 Å². The Bertz CT molecular complexity index is 747. The third-order valence-electron chi connectivity index (χ3n) is 5.13. The molecule has 0 radical (unpaired) electrons. The predicted molar refractivity (Wildman–Crippen MR) is 111 cm³/mol. The van der Waals surface area contributed by atoms with Gasteiger partial charge < -0.3 is 5.32 Å². The highest BCUT2D eigenvalue weighted by Gasteiger charge is 2.30. The molecule has 1 heterocycles. The number of piperazine rings is 1. The highest BCUT2D eigenvalue weighted by atomic mass is 35.5. The molecule has 8 heteroatoms. The normalized spacial score (nSPS) is 17.6. The van der Waals surface area contributed by atoms with Crippen LogP contribution < -0.4 is 5.32 Å². The zero-order valence-corrected chi connectivity index (χ0v) is 17.9. The lowest BCUT2D eigenvalue weighted by Gasteiger charge is -2.36. The average Bonchev–Trinajstić information content (AvgIpc) is 2.65. The number of amides is 1. The average molecular weight is 416 g/mol. The van der Waals surface area contributed by atoms with E-state index in [4.69, 9.17) is 11.6 Å². The van der Waals surface area contributed by atoms with Crippen LogP contribution in [0.3, 0.4) is 0 Å². The van der Waals surface area contributed by atoms with Gasteiger partial charge in [0.25, 0.3) is 0 Å². The van der Waals surface area contributed by atoms with E-state index in [1.807, 2.05) is 24.8 Å². The van der Waals surface area contributed by atoms with E-state index in [1.54, 1.807) is 16.4 Å². The van der Waals surface area contributed by atoms with Crippen molar-refractivity contribution in [2.24, 2.45) is 0 Å². The number of unbranched alkanes of at least 4 members (excludes halogenated alkanes) is 2. The van der Waals surface area contributed by atoms with Crippen molar-refractivity contribution < 1.29 is 13.2 Å². The van der Waals surface area contributed by atoms with E-state index in [1.165, 1.54) is 0 Å². The maximum Gasteiger partial charge on any atom is 0.241 e. The van der Waals surface area contributed by atoms with Crippen LogP contribution in [0.25, 0.3) is 0 Å². The fourth-order valence-corrected chi connectivity index (χ4v) is 4.90. The molecular weight excluding hydrogens is 386 g/mol. The van der Waals surface area contributed by atoms with Crippen LogP contribution >= 0.6 is 11.6 Å². The first kappa shape index (κ1) is 22.1. The SMILES string of the molecule is CCCCCS(=O)(=O)N1CCN(C(C)C(=O)Nc2cccc(Cl)c2C)CC1. The summed E-state index contributed by atoms with van der Waals surface area (Å²) in [6.07, 6.45) is 2.64. The maximum absolute atomic E-state index is 12.6. The van der Waals surface area contributed by atoms with Crippen LogP contribution in [-0.4, -0.2) is 61.5 Å². The number of anilines is 1. The second-order valence-corrected chi connectivity index (χ2v) is 9.53. The van der Waals surface area contributed by atoms with E-state index in [2.05, 4.69) is 12.2 Å². The molecule has 1 amide bonds.